The minimum Gasteiger partial charge on any atom is -0.490 e. The van der Waals surface area contributed by atoms with Crippen LogP contribution in [-0.2, 0) is 18.1 Å². The molecule has 2 aliphatic carbocycles. The van der Waals surface area contributed by atoms with Gasteiger partial charge in [-0.2, -0.15) is 13.2 Å². The first kappa shape index (κ1) is 21.6. The standard InChI is InChI=1S/C23H22BrF3N2O3/c1-13-11-28-19(5-4-18(24)20(28)30)21(31)29(13)12-22(6-7-22)14-8-15(23(25,26)27)10-17(9-14)32-16-2-3-16/h4-5,8-10,13,16H,2-3,6-7,11-12H2,1H3. The van der Waals surface area contributed by atoms with Crippen molar-refractivity contribution < 1.29 is 22.7 Å². The van der Waals surface area contributed by atoms with Gasteiger partial charge in [0, 0.05) is 24.5 Å². The summed E-state index contributed by atoms with van der Waals surface area (Å²) >= 11 is 3.21. The fourth-order valence-corrected chi connectivity index (χ4v) is 4.73. The number of carbonyl (C=O) groups excluding carboxylic acids is 1. The highest BCUT2D eigenvalue weighted by Gasteiger charge is 2.49. The molecule has 1 unspecified atom stereocenters. The van der Waals surface area contributed by atoms with E-state index in [4.69, 9.17) is 4.74 Å². The maximum absolute atomic E-state index is 13.6. The van der Waals surface area contributed by atoms with E-state index in [0.717, 1.165) is 18.9 Å². The molecular formula is C23H22BrF3N2O3. The second kappa shape index (κ2) is 7.37. The summed E-state index contributed by atoms with van der Waals surface area (Å²) in [4.78, 5) is 27.3. The lowest BCUT2D eigenvalue weighted by Gasteiger charge is -2.38. The van der Waals surface area contributed by atoms with E-state index in [0.29, 0.717) is 41.7 Å². The van der Waals surface area contributed by atoms with E-state index in [2.05, 4.69) is 15.9 Å². The van der Waals surface area contributed by atoms with Gasteiger partial charge in [0.1, 0.15) is 11.4 Å². The van der Waals surface area contributed by atoms with Crippen LogP contribution in [0.5, 0.6) is 5.75 Å². The molecule has 0 radical (unpaired) electrons. The van der Waals surface area contributed by atoms with Crippen LogP contribution in [-0.4, -0.2) is 34.1 Å². The maximum atomic E-state index is 13.6. The van der Waals surface area contributed by atoms with Gasteiger partial charge in [-0.3, -0.25) is 9.59 Å². The van der Waals surface area contributed by atoms with Crippen molar-refractivity contribution in [2.75, 3.05) is 6.54 Å². The van der Waals surface area contributed by atoms with Crippen molar-refractivity contribution in [2.24, 2.45) is 0 Å². The van der Waals surface area contributed by atoms with Gasteiger partial charge in [-0.05, 0) is 84.4 Å². The molecule has 0 bridgehead atoms. The molecule has 2 heterocycles. The van der Waals surface area contributed by atoms with Crippen LogP contribution in [0.25, 0.3) is 0 Å². The van der Waals surface area contributed by atoms with Crippen LogP contribution < -0.4 is 10.3 Å². The number of fused-ring (bicyclic) bond motifs is 1. The first-order chi connectivity index (χ1) is 15.1. The van der Waals surface area contributed by atoms with Gasteiger partial charge in [-0.25, -0.2) is 0 Å². The number of rotatable bonds is 5. The zero-order valence-electron chi connectivity index (χ0n) is 17.4. The van der Waals surface area contributed by atoms with Crippen molar-refractivity contribution in [1.82, 2.24) is 9.47 Å². The molecule has 1 aromatic heterocycles. The van der Waals surface area contributed by atoms with Crippen LogP contribution in [0.1, 0.15) is 54.2 Å². The van der Waals surface area contributed by atoms with Crippen molar-refractivity contribution in [3.63, 3.8) is 0 Å². The second-order valence-electron chi connectivity index (χ2n) is 9.11. The molecule has 1 amide bonds. The number of amides is 1. The summed E-state index contributed by atoms with van der Waals surface area (Å²) in [5.41, 5.74) is -0.666. The summed E-state index contributed by atoms with van der Waals surface area (Å²) in [6.45, 7) is 2.51. The number of nitrogens with zero attached hydrogens (tertiary/aromatic N) is 2. The van der Waals surface area contributed by atoms with Crippen LogP contribution >= 0.6 is 15.9 Å². The summed E-state index contributed by atoms with van der Waals surface area (Å²) in [7, 11) is 0. The maximum Gasteiger partial charge on any atom is 0.416 e. The number of hydrogen-bond acceptors (Lipinski definition) is 3. The summed E-state index contributed by atoms with van der Waals surface area (Å²) in [6.07, 6.45) is -1.40. The van der Waals surface area contributed by atoms with Crippen LogP contribution in [0, 0.1) is 0 Å². The summed E-state index contributed by atoms with van der Waals surface area (Å²) in [5.74, 6) is -0.0376. The molecule has 3 aliphatic rings. The van der Waals surface area contributed by atoms with Gasteiger partial charge in [0.2, 0.25) is 0 Å². The lowest BCUT2D eigenvalue weighted by atomic mass is 9.92. The minimum atomic E-state index is -4.48. The van der Waals surface area contributed by atoms with E-state index in [9.17, 15) is 22.8 Å². The average molecular weight is 511 g/mol. The Labute approximate surface area is 191 Å². The Morgan fingerprint density at radius 1 is 1.16 bits per heavy atom. The number of aromatic nitrogens is 1. The Bertz CT molecular complexity index is 1150. The first-order valence-electron chi connectivity index (χ1n) is 10.7. The lowest BCUT2D eigenvalue weighted by molar-refractivity contribution is -0.137. The molecular weight excluding hydrogens is 489 g/mol. The third kappa shape index (κ3) is 3.84. The third-order valence-electron chi connectivity index (χ3n) is 6.59. The summed E-state index contributed by atoms with van der Waals surface area (Å²) in [6, 6.07) is 6.87. The number of alkyl halides is 3. The molecule has 5 rings (SSSR count). The molecule has 1 atom stereocenters. The van der Waals surface area contributed by atoms with E-state index < -0.39 is 17.2 Å². The fraction of sp³-hybridized carbons (Fsp3) is 0.478. The largest absolute Gasteiger partial charge is 0.490 e. The van der Waals surface area contributed by atoms with Crippen molar-refractivity contribution >= 4 is 21.8 Å². The molecule has 1 aliphatic heterocycles. The molecule has 0 saturated heterocycles. The Morgan fingerprint density at radius 3 is 2.50 bits per heavy atom. The zero-order valence-corrected chi connectivity index (χ0v) is 19.0. The average Bonchev–Trinajstić information content (AvgIpc) is 3.65. The normalized spacial score (nSPS) is 22.0. The van der Waals surface area contributed by atoms with E-state index in [1.54, 1.807) is 23.1 Å². The zero-order chi connectivity index (χ0) is 22.8. The molecule has 32 heavy (non-hydrogen) atoms. The number of pyridine rings is 1. The number of halogens is 4. The van der Waals surface area contributed by atoms with Gasteiger partial charge in [-0.1, -0.05) is 0 Å². The van der Waals surface area contributed by atoms with Gasteiger partial charge in [0.15, 0.2) is 0 Å². The van der Waals surface area contributed by atoms with Crippen molar-refractivity contribution in [3.05, 3.63) is 62.0 Å². The quantitative estimate of drug-likeness (QED) is 0.583. The number of benzene rings is 1. The van der Waals surface area contributed by atoms with Gasteiger partial charge in [0.25, 0.3) is 11.5 Å². The summed E-state index contributed by atoms with van der Waals surface area (Å²) < 4.78 is 48.3. The highest BCUT2D eigenvalue weighted by Crippen LogP contribution is 2.51. The van der Waals surface area contributed by atoms with Crippen molar-refractivity contribution in [2.45, 2.75) is 62.9 Å². The Balaban J connectivity index is 1.47. The van der Waals surface area contributed by atoms with Gasteiger partial charge in [-0.15, -0.1) is 0 Å². The van der Waals surface area contributed by atoms with Crippen molar-refractivity contribution in [1.29, 1.82) is 0 Å². The predicted molar refractivity (Wildman–Crippen MR) is 115 cm³/mol. The molecule has 2 aromatic rings. The van der Waals surface area contributed by atoms with Crippen LogP contribution in [0.4, 0.5) is 13.2 Å². The molecule has 0 spiro atoms. The fourth-order valence-electron chi connectivity index (χ4n) is 4.39. The Morgan fingerprint density at radius 2 is 1.88 bits per heavy atom. The van der Waals surface area contributed by atoms with Gasteiger partial charge >= 0.3 is 6.18 Å². The van der Waals surface area contributed by atoms with E-state index in [1.807, 2.05) is 6.92 Å². The Hall–Kier alpha value is -2.29. The topological polar surface area (TPSA) is 51.5 Å². The number of ether oxygens (including phenoxy) is 1. The first-order valence-corrected chi connectivity index (χ1v) is 11.5. The molecule has 0 N–H and O–H groups in total. The third-order valence-corrected chi connectivity index (χ3v) is 7.19. The lowest BCUT2D eigenvalue weighted by Crippen LogP contribution is -2.52. The molecule has 2 saturated carbocycles. The molecule has 5 nitrogen and oxygen atoms in total. The van der Waals surface area contributed by atoms with Crippen LogP contribution in [0.15, 0.2) is 39.6 Å². The van der Waals surface area contributed by atoms with Gasteiger partial charge < -0.3 is 14.2 Å². The molecule has 2 fully saturated rings. The molecule has 170 valence electrons. The Kier molecular flexibility index (Phi) is 4.96. The molecule has 1 aromatic carbocycles. The van der Waals surface area contributed by atoms with E-state index in [-0.39, 0.29) is 29.4 Å². The predicted octanol–water partition coefficient (Wildman–Crippen LogP) is 4.75. The van der Waals surface area contributed by atoms with Crippen LogP contribution in [0.2, 0.25) is 0 Å². The van der Waals surface area contributed by atoms with Crippen LogP contribution in [0.3, 0.4) is 0 Å². The monoisotopic (exact) mass is 510 g/mol. The SMILES string of the molecule is CC1Cn2c(ccc(Br)c2=O)C(=O)N1CC1(c2cc(OC3CC3)cc(C(F)(F)F)c2)CC1. The van der Waals surface area contributed by atoms with E-state index in [1.165, 1.54) is 10.6 Å². The highest BCUT2D eigenvalue weighted by atomic mass is 79.9. The minimum absolute atomic E-state index is 0.0145. The van der Waals surface area contributed by atoms with E-state index >= 15 is 0 Å². The second-order valence-corrected chi connectivity index (χ2v) is 9.96. The number of hydrogen-bond donors (Lipinski definition) is 0. The summed E-state index contributed by atoms with van der Waals surface area (Å²) in [5, 5.41) is 0. The van der Waals surface area contributed by atoms with Crippen molar-refractivity contribution in [3.8, 4) is 5.75 Å². The number of carbonyl (C=O) groups is 1. The molecule has 9 heteroatoms. The van der Waals surface area contributed by atoms with Gasteiger partial charge in [0.05, 0.1) is 16.1 Å². The highest BCUT2D eigenvalue weighted by molar-refractivity contribution is 9.10. The smallest absolute Gasteiger partial charge is 0.416 e.